The molecule has 0 saturated heterocycles. The molecule has 130 valence electrons. The Labute approximate surface area is 141 Å². The first kappa shape index (κ1) is 19.6. The van der Waals surface area contributed by atoms with Crippen molar-refractivity contribution in [1.82, 2.24) is 0 Å². The van der Waals surface area contributed by atoms with Crippen LogP contribution in [0.25, 0.3) is 0 Å². The van der Waals surface area contributed by atoms with E-state index in [9.17, 15) is 14.4 Å². The number of carbonyl (C=O) groups is 3. The summed E-state index contributed by atoms with van der Waals surface area (Å²) in [5.41, 5.74) is 0.455. The minimum absolute atomic E-state index is 0.119. The summed E-state index contributed by atoms with van der Waals surface area (Å²) in [4.78, 5) is 34.5. The highest BCUT2D eigenvalue weighted by molar-refractivity contribution is 5.99. The van der Waals surface area contributed by atoms with Gasteiger partial charge in [-0.1, -0.05) is 43.7 Å². The molecule has 1 rings (SSSR count). The van der Waals surface area contributed by atoms with E-state index < -0.39 is 11.9 Å². The number of carbonyl (C=O) groups excluding carboxylic acids is 3. The minimum Gasteiger partial charge on any atom is -0.460 e. The number of hydrogen-bond donors (Lipinski definition) is 0. The third-order valence-electron chi connectivity index (χ3n) is 2.91. The summed E-state index contributed by atoms with van der Waals surface area (Å²) in [5, 5.41) is 0. The number of rotatable bonds is 11. The van der Waals surface area contributed by atoms with Crippen LogP contribution in [-0.4, -0.2) is 44.1 Å². The van der Waals surface area contributed by atoms with Crippen molar-refractivity contribution in [3.63, 3.8) is 0 Å². The molecule has 0 N–H and O–H groups in total. The zero-order chi connectivity index (χ0) is 17.6. The van der Waals surface area contributed by atoms with Crippen LogP contribution in [0.5, 0.6) is 0 Å². The molecule has 1 aromatic carbocycles. The molecule has 0 aliphatic rings. The van der Waals surface area contributed by atoms with Crippen LogP contribution in [0.2, 0.25) is 0 Å². The Morgan fingerprint density at radius 1 is 0.917 bits per heavy atom. The van der Waals surface area contributed by atoms with E-state index in [4.69, 9.17) is 14.2 Å². The van der Waals surface area contributed by atoms with E-state index in [0.717, 1.165) is 25.0 Å². The minimum atomic E-state index is -0.782. The van der Waals surface area contributed by atoms with Crippen LogP contribution in [-0.2, 0) is 23.8 Å². The van der Waals surface area contributed by atoms with Crippen LogP contribution in [0, 0.1) is 0 Å². The van der Waals surface area contributed by atoms with Crippen molar-refractivity contribution in [2.24, 2.45) is 0 Å². The van der Waals surface area contributed by atoms with Crippen molar-refractivity contribution >= 4 is 17.7 Å². The monoisotopic (exact) mass is 334 g/mol. The molecule has 0 aliphatic carbocycles. The lowest BCUT2D eigenvalue weighted by atomic mass is 10.1. The SMILES string of the molecule is CCCCOCCOC(=O)/C=C/C(=O)OCC(=O)c1ccccc1. The Morgan fingerprint density at radius 2 is 1.58 bits per heavy atom. The first-order valence-corrected chi connectivity index (χ1v) is 7.81. The predicted molar refractivity (Wildman–Crippen MR) is 87.6 cm³/mol. The molecule has 6 nitrogen and oxygen atoms in total. The molecule has 0 saturated carbocycles. The summed E-state index contributed by atoms with van der Waals surface area (Å²) in [6.07, 6.45) is 3.89. The quantitative estimate of drug-likeness (QED) is 0.267. The molecular weight excluding hydrogens is 312 g/mol. The molecule has 0 fully saturated rings. The Hall–Kier alpha value is -2.47. The molecule has 0 aromatic heterocycles. The highest BCUT2D eigenvalue weighted by Crippen LogP contribution is 2.00. The second-order valence-electron chi connectivity index (χ2n) is 4.86. The molecule has 24 heavy (non-hydrogen) atoms. The third kappa shape index (κ3) is 8.85. The van der Waals surface area contributed by atoms with E-state index in [-0.39, 0.29) is 19.0 Å². The van der Waals surface area contributed by atoms with Gasteiger partial charge in [-0.05, 0) is 6.42 Å². The molecule has 0 atom stereocenters. The number of esters is 2. The molecule has 0 aliphatic heterocycles. The number of ketones is 1. The van der Waals surface area contributed by atoms with Gasteiger partial charge in [0.25, 0.3) is 0 Å². The van der Waals surface area contributed by atoms with Crippen LogP contribution in [0.3, 0.4) is 0 Å². The van der Waals surface area contributed by atoms with E-state index >= 15 is 0 Å². The van der Waals surface area contributed by atoms with Gasteiger partial charge in [0.15, 0.2) is 12.4 Å². The largest absolute Gasteiger partial charge is 0.460 e. The number of Topliss-reactive ketones (excluding diaryl/α,β-unsaturated/α-hetero) is 1. The number of unbranched alkanes of at least 4 members (excludes halogenated alkanes) is 1. The maximum atomic E-state index is 11.7. The zero-order valence-corrected chi connectivity index (χ0v) is 13.7. The highest BCUT2D eigenvalue weighted by Gasteiger charge is 2.08. The summed E-state index contributed by atoms with van der Waals surface area (Å²) in [7, 11) is 0. The van der Waals surface area contributed by atoms with E-state index in [1.54, 1.807) is 30.3 Å². The van der Waals surface area contributed by atoms with Gasteiger partial charge in [-0.25, -0.2) is 9.59 Å². The van der Waals surface area contributed by atoms with E-state index in [2.05, 4.69) is 6.92 Å². The summed E-state index contributed by atoms with van der Waals surface area (Å²) in [6, 6.07) is 8.48. The van der Waals surface area contributed by atoms with Crippen molar-refractivity contribution < 1.29 is 28.6 Å². The van der Waals surface area contributed by atoms with Gasteiger partial charge in [-0.15, -0.1) is 0 Å². The third-order valence-corrected chi connectivity index (χ3v) is 2.91. The van der Waals surface area contributed by atoms with E-state index in [1.165, 1.54) is 0 Å². The van der Waals surface area contributed by atoms with E-state index in [0.29, 0.717) is 18.8 Å². The van der Waals surface area contributed by atoms with Gasteiger partial charge in [0.1, 0.15) is 6.61 Å². The van der Waals surface area contributed by atoms with Gasteiger partial charge in [-0.3, -0.25) is 4.79 Å². The molecule has 0 bridgehead atoms. The fourth-order valence-corrected chi connectivity index (χ4v) is 1.63. The normalized spacial score (nSPS) is 10.5. The van der Waals surface area contributed by atoms with Crippen LogP contribution < -0.4 is 0 Å². The lowest BCUT2D eigenvalue weighted by Gasteiger charge is -2.03. The highest BCUT2D eigenvalue weighted by atomic mass is 16.6. The zero-order valence-electron chi connectivity index (χ0n) is 13.7. The Balaban J connectivity index is 2.18. The molecular formula is C18H22O6. The second kappa shape index (κ2) is 12.0. The number of ether oxygens (including phenoxy) is 3. The van der Waals surface area contributed by atoms with Crippen molar-refractivity contribution in [2.75, 3.05) is 26.4 Å². The maximum Gasteiger partial charge on any atom is 0.331 e. The van der Waals surface area contributed by atoms with E-state index in [1.807, 2.05) is 0 Å². The maximum absolute atomic E-state index is 11.7. The average molecular weight is 334 g/mol. The number of benzene rings is 1. The van der Waals surface area contributed by atoms with Crippen molar-refractivity contribution in [2.45, 2.75) is 19.8 Å². The van der Waals surface area contributed by atoms with Crippen LogP contribution in [0.1, 0.15) is 30.1 Å². The molecule has 0 radical (unpaired) electrons. The molecule has 1 aromatic rings. The summed E-state index contributed by atoms with van der Waals surface area (Å²) < 4.78 is 14.8. The van der Waals surface area contributed by atoms with Crippen LogP contribution >= 0.6 is 0 Å². The van der Waals surface area contributed by atoms with Gasteiger partial charge in [0.2, 0.25) is 0 Å². The second-order valence-corrected chi connectivity index (χ2v) is 4.86. The average Bonchev–Trinajstić information content (AvgIpc) is 2.61. The van der Waals surface area contributed by atoms with Crippen molar-refractivity contribution in [3.8, 4) is 0 Å². The summed E-state index contributed by atoms with van der Waals surface area (Å²) in [6.45, 7) is 2.74. The predicted octanol–water partition coefficient (Wildman–Crippen LogP) is 2.33. The molecule has 0 unspecified atom stereocenters. The smallest absolute Gasteiger partial charge is 0.331 e. The molecule has 0 spiro atoms. The molecule has 0 amide bonds. The fourth-order valence-electron chi connectivity index (χ4n) is 1.63. The lowest BCUT2D eigenvalue weighted by molar-refractivity contribution is -0.141. The first-order chi connectivity index (χ1) is 11.6. The summed E-state index contributed by atoms with van der Waals surface area (Å²) in [5.74, 6) is -1.76. The van der Waals surface area contributed by atoms with Crippen LogP contribution in [0.15, 0.2) is 42.5 Å². The Morgan fingerprint density at radius 3 is 2.25 bits per heavy atom. The first-order valence-electron chi connectivity index (χ1n) is 7.81. The van der Waals surface area contributed by atoms with Gasteiger partial charge >= 0.3 is 11.9 Å². The summed E-state index contributed by atoms with van der Waals surface area (Å²) >= 11 is 0. The molecule has 0 heterocycles. The van der Waals surface area contributed by atoms with Crippen LogP contribution in [0.4, 0.5) is 0 Å². The number of hydrogen-bond acceptors (Lipinski definition) is 6. The lowest BCUT2D eigenvalue weighted by Crippen LogP contribution is -2.13. The van der Waals surface area contributed by atoms with Crippen molar-refractivity contribution in [1.29, 1.82) is 0 Å². The van der Waals surface area contributed by atoms with Gasteiger partial charge in [0.05, 0.1) is 6.61 Å². The van der Waals surface area contributed by atoms with Gasteiger partial charge in [-0.2, -0.15) is 0 Å². The standard InChI is InChI=1S/C18H22O6/c1-2-3-11-22-12-13-23-17(20)9-10-18(21)24-14-16(19)15-7-5-4-6-8-15/h4-10H,2-3,11-14H2,1H3/b10-9+. The van der Waals surface area contributed by atoms with Gasteiger partial charge in [0, 0.05) is 24.3 Å². The fraction of sp³-hybridized carbons (Fsp3) is 0.389. The molecule has 6 heteroatoms. The Bertz CT molecular complexity index is 550. The van der Waals surface area contributed by atoms with Gasteiger partial charge < -0.3 is 14.2 Å². The topological polar surface area (TPSA) is 78.9 Å². The Kier molecular flexibility index (Phi) is 9.80. The van der Waals surface area contributed by atoms with Crippen molar-refractivity contribution in [3.05, 3.63) is 48.0 Å².